The summed E-state index contributed by atoms with van der Waals surface area (Å²) >= 11 is 2.23. The number of likely N-dealkylation sites (N-methyl/N-ethyl adjacent to an activating group) is 1. The molecule has 0 saturated carbocycles. The van der Waals surface area contributed by atoms with E-state index in [4.69, 9.17) is 0 Å². The van der Waals surface area contributed by atoms with Gasteiger partial charge in [-0.3, -0.25) is 4.79 Å². The fourth-order valence-corrected chi connectivity index (χ4v) is 2.69. The highest BCUT2D eigenvalue weighted by molar-refractivity contribution is 14.1. The van der Waals surface area contributed by atoms with E-state index in [9.17, 15) is 4.79 Å². The van der Waals surface area contributed by atoms with E-state index >= 15 is 0 Å². The molecule has 3 nitrogen and oxygen atoms in total. The maximum absolute atomic E-state index is 12.3. The van der Waals surface area contributed by atoms with Gasteiger partial charge in [-0.1, -0.05) is 19.1 Å². The summed E-state index contributed by atoms with van der Waals surface area (Å²) in [5.74, 6) is 0.172. The minimum atomic E-state index is 0.172. The van der Waals surface area contributed by atoms with Gasteiger partial charge in [0.1, 0.15) is 0 Å². The van der Waals surface area contributed by atoms with Crippen LogP contribution >= 0.6 is 22.6 Å². The first kappa shape index (κ1) is 12.8. The quantitative estimate of drug-likeness (QED) is 0.767. The normalized spacial score (nSPS) is 17.2. The molecule has 1 aromatic carbocycles. The Kier molecular flexibility index (Phi) is 4.39. The van der Waals surface area contributed by atoms with Gasteiger partial charge in [0.2, 0.25) is 0 Å². The fraction of sp³-hybridized carbons (Fsp3) is 0.462. The third kappa shape index (κ3) is 2.98. The van der Waals surface area contributed by atoms with Crippen molar-refractivity contribution in [3.63, 3.8) is 0 Å². The molecular weight excluding hydrogens is 327 g/mol. The molecule has 17 heavy (non-hydrogen) atoms. The van der Waals surface area contributed by atoms with E-state index in [0.717, 1.165) is 41.9 Å². The fourth-order valence-electron chi connectivity index (χ4n) is 2.07. The van der Waals surface area contributed by atoms with E-state index < -0.39 is 0 Å². The summed E-state index contributed by atoms with van der Waals surface area (Å²) in [5.41, 5.74) is 0.832. The summed E-state index contributed by atoms with van der Waals surface area (Å²) in [6, 6.07) is 7.79. The molecular formula is C13H17IN2O. The van der Waals surface area contributed by atoms with E-state index in [0.29, 0.717) is 0 Å². The van der Waals surface area contributed by atoms with Crippen LogP contribution in [0.25, 0.3) is 0 Å². The predicted octanol–water partition coefficient (Wildman–Crippen LogP) is 2.07. The molecule has 0 aromatic heterocycles. The second kappa shape index (κ2) is 5.82. The average Bonchev–Trinajstić information content (AvgIpc) is 2.39. The Morgan fingerprint density at radius 3 is 2.47 bits per heavy atom. The zero-order valence-corrected chi connectivity index (χ0v) is 12.2. The van der Waals surface area contributed by atoms with Crippen LogP contribution in [-0.2, 0) is 0 Å². The van der Waals surface area contributed by atoms with Crippen molar-refractivity contribution < 1.29 is 4.79 Å². The summed E-state index contributed by atoms with van der Waals surface area (Å²) in [4.78, 5) is 16.7. The number of benzene rings is 1. The van der Waals surface area contributed by atoms with Crippen LogP contribution in [0.15, 0.2) is 24.3 Å². The number of hydrogen-bond donors (Lipinski definition) is 0. The minimum absolute atomic E-state index is 0.172. The third-order valence-electron chi connectivity index (χ3n) is 3.21. The zero-order chi connectivity index (χ0) is 12.3. The summed E-state index contributed by atoms with van der Waals surface area (Å²) in [6.07, 6.45) is 0. The van der Waals surface area contributed by atoms with Crippen molar-refractivity contribution in [2.24, 2.45) is 0 Å². The van der Waals surface area contributed by atoms with E-state index in [1.165, 1.54) is 0 Å². The summed E-state index contributed by atoms with van der Waals surface area (Å²) in [7, 11) is 0. The van der Waals surface area contributed by atoms with Crippen molar-refractivity contribution in [2.45, 2.75) is 6.92 Å². The molecule has 0 radical (unpaired) electrons. The second-order valence-corrected chi connectivity index (χ2v) is 5.37. The molecule has 0 unspecified atom stereocenters. The molecule has 0 bridgehead atoms. The van der Waals surface area contributed by atoms with Crippen LogP contribution in [0.5, 0.6) is 0 Å². The van der Waals surface area contributed by atoms with Gasteiger partial charge in [0.15, 0.2) is 0 Å². The lowest BCUT2D eigenvalue weighted by Crippen LogP contribution is -2.48. The highest BCUT2D eigenvalue weighted by atomic mass is 127. The largest absolute Gasteiger partial charge is 0.336 e. The Hall–Kier alpha value is -0.620. The van der Waals surface area contributed by atoms with Crippen molar-refractivity contribution in [3.8, 4) is 0 Å². The van der Waals surface area contributed by atoms with E-state index in [1.54, 1.807) is 0 Å². The van der Waals surface area contributed by atoms with Crippen molar-refractivity contribution >= 4 is 28.5 Å². The Morgan fingerprint density at radius 2 is 1.88 bits per heavy atom. The Balaban J connectivity index is 2.04. The molecule has 0 atom stereocenters. The molecule has 0 aliphatic carbocycles. The number of halogens is 1. The van der Waals surface area contributed by atoms with Gasteiger partial charge in [-0.05, 0) is 41.3 Å². The Bertz CT molecular complexity index is 400. The first-order valence-electron chi connectivity index (χ1n) is 5.98. The minimum Gasteiger partial charge on any atom is -0.336 e. The van der Waals surface area contributed by atoms with Crippen molar-refractivity contribution in [1.82, 2.24) is 9.80 Å². The van der Waals surface area contributed by atoms with Gasteiger partial charge >= 0.3 is 0 Å². The molecule has 0 spiro atoms. The SMILES string of the molecule is CCN1CCN(C(=O)c2ccccc2I)CC1. The molecule has 1 saturated heterocycles. The van der Waals surface area contributed by atoms with Gasteiger partial charge in [-0.15, -0.1) is 0 Å². The van der Waals surface area contributed by atoms with Crippen LogP contribution < -0.4 is 0 Å². The first-order valence-corrected chi connectivity index (χ1v) is 7.06. The number of hydrogen-bond acceptors (Lipinski definition) is 2. The van der Waals surface area contributed by atoms with E-state index in [2.05, 4.69) is 34.4 Å². The number of amides is 1. The zero-order valence-electron chi connectivity index (χ0n) is 10.0. The number of piperazine rings is 1. The molecule has 1 fully saturated rings. The molecule has 1 aliphatic heterocycles. The summed E-state index contributed by atoms with van der Waals surface area (Å²) < 4.78 is 1.04. The Morgan fingerprint density at radius 1 is 1.24 bits per heavy atom. The molecule has 2 rings (SSSR count). The van der Waals surface area contributed by atoms with Gasteiger partial charge in [-0.2, -0.15) is 0 Å². The van der Waals surface area contributed by atoms with Gasteiger partial charge in [-0.25, -0.2) is 0 Å². The van der Waals surface area contributed by atoms with Crippen molar-refractivity contribution in [1.29, 1.82) is 0 Å². The maximum Gasteiger partial charge on any atom is 0.255 e. The van der Waals surface area contributed by atoms with E-state index in [1.807, 2.05) is 29.2 Å². The van der Waals surface area contributed by atoms with Gasteiger partial charge in [0.25, 0.3) is 5.91 Å². The van der Waals surface area contributed by atoms with Crippen LogP contribution in [0.3, 0.4) is 0 Å². The lowest BCUT2D eigenvalue weighted by Gasteiger charge is -2.34. The monoisotopic (exact) mass is 344 g/mol. The molecule has 1 aromatic rings. The van der Waals surface area contributed by atoms with Crippen LogP contribution in [0.2, 0.25) is 0 Å². The van der Waals surface area contributed by atoms with Gasteiger partial charge < -0.3 is 9.80 Å². The molecule has 4 heteroatoms. The second-order valence-electron chi connectivity index (χ2n) is 4.21. The standard InChI is InChI=1S/C13H17IN2O/c1-2-15-7-9-16(10-8-15)13(17)11-5-3-4-6-12(11)14/h3-6H,2,7-10H2,1H3. The number of rotatable bonds is 2. The topological polar surface area (TPSA) is 23.6 Å². The van der Waals surface area contributed by atoms with Crippen LogP contribution in [0.1, 0.15) is 17.3 Å². The first-order chi connectivity index (χ1) is 8.22. The molecule has 1 heterocycles. The van der Waals surface area contributed by atoms with Crippen molar-refractivity contribution in [2.75, 3.05) is 32.7 Å². The summed E-state index contributed by atoms with van der Waals surface area (Å²) in [6.45, 7) is 6.91. The molecule has 0 N–H and O–H groups in total. The number of nitrogens with zero attached hydrogens (tertiary/aromatic N) is 2. The summed E-state index contributed by atoms with van der Waals surface area (Å²) in [5, 5.41) is 0. The lowest BCUT2D eigenvalue weighted by molar-refractivity contribution is 0.0642. The van der Waals surface area contributed by atoms with E-state index in [-0.39, 0.29) is 5.91 Å². The molecule has 1 aliphatic rings. The lowest BCUT2D eigenvalue weighted by atomic mass is 10.2. The third-order valence-corrected chi connectivity index (χ3v) is 4.15. The predicted molar refractivity (Wildman–Crippen MR) is 77.2 cm³/mol. The highest BCUT2D eigenvalue weighted by Gasteiger charge is 2.22. The van der Waals surface area contributed by atoms with Gasteiger partial charge in [0, 0.05) is 29.7 Å². The van der Waals surface area contributed by atoms with Crippen LogP contribution in [0, 0.1) is 3.57 Å². The van der Waals surface area contributed by atoms with Crippen LogP contribution in [0.4, 0.5) is 0 Å². The number of carbonyl (C=O) groups is 1. The maximum atomic E-state index is 12.3. The molecule has 1 amide bonds. The average molecular weight is 344 g/mol. The smallest absolute Gasteiger partial charge is 0.255 e. The highest BCUT2D eigenvalue weighted by Crippen LogP contribution is 2.15. The van der Waals surface area contributed by atoms with Gasteiger partial charge in [0.05, 0.1) is 5.56 Å². The van der Waals surface area contributed by atoms with Crippen LogP contribution in [-0.4, -0.2) is 48.4 Å². The van der Waals surface area contributed by atoms with Crippen molar-refractivity contribution in [3.05, 3.63) is 33.4 Å². The Labute approximate surface area is 116 Å². The molecule has 92 valence electrons. The number of carbonyl (C=O) groups excluding carboxylic acids is 1.